The summed E-state index contributed by atoms with van der Waals surface area (Å²) < 4.78 is 1.33. The number of amides is 2. The van der Waals surface area contributed by atoms with Gasteiger partial charge in [-0.15, -0.1) is 0 Å². The van der Waals surface area contributed by atoms with Crippen molar-refractivity contribution in [3.05, 3.63) is 68.2 Å². The van der Waals surface area contributed by atoms with Crippen molar-refractivity contribution in [2.45, 2.75) is 39.2 Å². The van der Waals surface area contributed by atoms with E-state index in [-0.39, 0.29) is 23.9 Å². The average Bonchev–Trinajstić information content (AvgIpc) is 3.13. The number of anilines is 1. The molecule has 1 aromatic carbocycles. The van der Waals surface area contributed by atoms with Gasteiger partial charge in [0, 0.05) is 23.2 Å². The second-order valence-electron chi connectivity index (χ2n) is 7.37. The number of rotatable bonds is 4. The number of aryl methyl sites for hydroxylation is 2. The Labute approximate surface area is 182 Å². The molecule has 3 aromatic rings. The number of hydrogen-bond acceptors (Lipinski definition) is 5. The van der Waals surface area contributed by atoms with Crippen LogP contribution in [-0.4, -0.2) is 31.6 Å². The summed E-state index contributed by atoms with van der Waals surface area (Å²) in [6, 6.07) is 8.53. The summed E-state index contributed by atoms with van der Waals surface area (Å²) in [6.45, 7) is 1.92. The van der Waals surface area contributed by atoms with E-state index in [9.17, 15) is 14.4 Å². The van der Waals surface area contributed by atoms with Gasteiger partial charge in [-0.05, 0) is 50.3 Å². The van der Waals surface area contributed by atoms with Crippen molar-refractivity contribution in [3.63, 3.8) is 0 Å². The van der Waals surface area contributed by atoms with Crippen molar-refractivity contribution in [2.24, 2.45) is 0 Å². The number of nitrogens with zero attached hydrogens (tertiary/aromatic N) is 3. The van der Waals surface area contributed by atoms with Gasteiger partial charge in [0.2, 0.25) is 5.95 Å². The Bertz CT molecular complexity index is 1200. The Balaban J connectivity index is 1.50. The van der Waals surface area contributed by atoms with E-state index < -0.39 is 11.8 Å². The van der Waals surface area contributed by atoms with Crippen LogP contribution >= 0.6 is 11.6 Å². The molecule has 4 rings (SSSR count). The molecule has 10 heteroatoms. The highest BCUT2D eigenvalue weighted by molar-refractivity contribution is 6.39. The number of carbonyl (C=O) groups is 2. The quantitative estimate of drug-likeness (QED) is 0.536. The lowest BCUT2D eigenvalue weighted by atomic mass is 9.97. The summed E-state index contributed by atoms with van der Waals surface area (Å²) >= 11 is 5.84. The van der Waals surface area contributed by atoms with Crippen LogP contribution in [0.2, 0.25) is 5.02 Å². The molecule has 0 atom stereocenters. The van der Waals surface area contributed by atoms with Gasteiger partial charge in [-0.2, -0.15) is 9.78 Å². The summed E-state index contributed by atoms with van der Waals surface area (Å²) in [5.41, 5.74) is 2.65. The lowest BCUT2D eigenvalue weighted by Crippen LogP contribution is -2.35. The maximum atomic E-state index is 12.5. The lowest BCUT2D eigenvalue weighted by molar-refractivity contribution is -0.136. The zero-order chi connectivity index (χ0) is 22.0. The Morgan fingerprint density at radius 1 is 1.16 bits per heavy atom. The number of hydrogen-bond donors (Lipinski definition) is 3. The first kappa shape index (κ1) is 20.8. The molecule has 0 saturated carbocycles. The molecule has 0 saturated heterocycles. The van der Waals surface area contributed by atoms with Crippen molar-refractivity contribution in [2.75, 3.05) is 5.32 Å². The van der Waals surface area contributed by atoms with Crippen molar-refractivity contribution in [1.82, 2.24) is 25.1 Å². The van der Waals surface area contributed by atoms with Gasteiger partial charge in [0.25, 0.3) is 5.56 Å². The van der Waals surface area contributed by atoms with Crippen LogP contribution in [-0.2, 0) is 29.0 Å². The van der Waals surface area contributed by atoms with Gasteiger partial charge in [-0.3, -0.25) is 19.4 Å². The molecule has 3 N–H and O–H groups in total. The number of halogens is 1. The highest BCUT2D eigenvalue weighted by Gasteiger charge is 2.20. The first-order valence-corrected chi connectivity index (χ1v) is 10.3. The molecule has 0 unspecified atom stereocenters. The van der Waals surface area contributed by atoms with Crippen LogP contribution in [0.25, 0.3) is 5.95 Å². The molecule has 160 valence electrons. The summed E-state index contributed by atoms with van der Waals surface area (Å²) in [5.74, 6) is -1.21. The summed E-state index contributed by atoms with van der Waals surface area (Å²) in [4.78, 5) is 44.4. The number of H-pyrrole nitrogens is 1. The normalized spacial score (nSPS) is 12.8. The molecule has 0 radical (unpaired) electrons. The minimum atomic E-state index is -0.851. The van der Waals surface area contributed by atoms with Crippen LogP contribution in [0, 0.1) is 6.92 Å². The fourth-order valence-corrected chi connectivity index (χ4v) is 3.60. The van der Waals surface area contributed by atoms with E-state index in [2.05, 4.69) is 25.7 Å². The molecule has 2 amide bonds. The Hall–Kier alpha value is -3.46. The number of aromatic amines is 1. The number of benzene rings is 1. The smallest absolute Gasteiger partial charge is 0.314 e. The molecule has 1 aliphatic carbocycles. The number of nitrogens with one attached hydrogen (secondary N) is 3. The molecule has 2 aromatic heterocycles. The van der Waals surface area contributed by atoms with Crippen LogP contribution in [0.5, 0.6) is 0 Å². The van der Waals surface area contributed by atoms with E-state index in [1.165, 1.54) is 4.68 Å². The van der Waals surface area contributed by atoms with Crippen molar-refractivity contribution in [3.8, 4) is 5.95 Å². The van der Waals surface area contributed by atoms with E-state index in [4.69, 9.17) is 11.6 Å². The molecular formula is C21H21ClN6O3. The molecular weight excluding hydrogens is 420 g/mol. The molecule has 31 heavy (non-hydrogen) atoms. The lowest BCUT2D eigenvalue weighted by Gasteiger charge is -2.15. The standard InChI is InChI=1S/C21H21ClN6O3/c1-12-10-17(25-20(31)19(30)23-11-13-6-8-14(22)9-7-13)28(27-12)21-24-16-5-3-2-4-15(16)18(29)26-21/h6-10H,2-5,11H2,1H3,(H,23,30)(H,25,31)(H,24,26,29). The topological polar surface area (TPSA) is 122 Å². The predicted octanol–water partition coefficient (Wildman–Crippen LogP) is 2.05. The molecule has 0 fully saturated rings. The third-order valence-electron chi connectivity index (χ3n) is 5.03. The van der Waals surface area contributed by atoms with Gasteiger partial charge < -0.3 is 10.6 Å². The Morgan fingerprint density at radius 2 is 1.90 bits per heavy atom. The number of fused-ring (bicyclic) bond motifs is 1. The number of carbonyl (C=O) groups excluding carboxylic acids is 2. The zero-order valence-electron chi connectivity index (χ0n) is 16.9. The molecule has 0 bridgehead atoms. The van der Waals surface area contributed by atoms with E-state index in [0.29, 0.717) is 22.7 Å². The summed E-state index contributed by atoms with van der Waals surface area (Å²) in [7, 11) is 0. The van der Waals surface area contributed by atoms with Gasteiger partial charge in [0.15, 0.2) is 0 Å². The summed E-state index contributed by atoms with van der Waals surface area (Å²) in [6.07, 6.45) is 3.36. The van der Waals surface area contributed by atoms with Crippen LogP contribution in [0.1, 0.15) is 35.4 Å². The van der Waals surface area contributed by atoms with Crippen LogP contribution < -0.4 is 16.2 Å². The monoisotopic (exact) mass is 440 g/mol. The highest BCUT2D eigenvalue weighted by atomic mass is 35.5. The molecule has 9 nitrogen and oxygen atoms in total. The van der Waals surface area contributed by atoms with Gasteiger partial charge in [0.1, 0.15) is 5.82 Å². The minimum absolute atomic E-state index is 0.182. The van der Waals surface area contributed by atoms with Gasteiger partial charge in [-0.1, -0.05) is 23.7 Å². The molecule has 1 aliphatic rings. The molecule has 0 aliphatic heterocycles. The maximum Gasteiger partial charge on any atom is 0.314 e. The number of aromatic nitrogens is 4. The van der Waals surface area contributed by atoms with Crippen LogP contribution in [0.3, 0.4) is 0 Å². The van der Waals surface area contributed by atoms with E-state index in [0.717, 1.165) is 30.5 Å². The fraction of sp³-hybridized carbons (Fsp3) is 0.286. The summed E-state index contributed by atoms with van der Waals surface area (Å²) in [5, 5.41) is 10.00. The van der Waals surface area contributed by atoms with Crippen molar-refractivity contribution >= 4 is 29.2 Å². The first-order chi connectivity index (χ1) is 14.9. The zero-order valence-corrected chi connectivity index (χ0v) is 17.6. The second-order valence-corrected chi connectivity index (χ2v) is 7.80. The van der Waals surface area contributed by atoms with Gasteiger partial charge >= 0.3 is 11.8 Å². The van der Waals surface area contributed by atoms with Crippen molar-refractivity contribution in [1.29, 1.82) is 0 Å². The first-order valence-electron chi connectivity index (χ1n) is 9.93. The average molecular weight is 441 g/mol. The Morgan fingerprint density at radius 3 is 2.68 bits per heavy atom. The second kappa shape index (κ2) is 8.73. The third-order valence-corrected chi connectivity index (χ3v) is 5.28. The largest absolute Gasteiger partial charge is 0.344 e. The fourth-order valence-electron chi connectivity index (χ4n) is 3.48. The van der Waals surface area contributed by atoms with Crippen LogP contribution in [0.15, 0.2) is 35.1 Å². The Kier molecular flexibility index (Phi) is 5.85. The SMILES string of the molecule is Cc1cc(NC(=O)C(=O)NCc2ccc(Cl)cc2)n(-c2nc3c(c(=O)[nH]2)CCCC3)n1. The molecule has 0 spiro atoms. The minimum Gasteiger partial charge on any atom is -0.344 e. The third kappa shape index (κ3) is 4.66. The van der Waals surface area contributed by atoms with Gasteiger partial charge in [0.05, 0.1) is 11.4 Å². The van der Waals surface area contributed by atoms with Crippen LogP contribution in [0.4, 0.5) is 5.82 Å². The highest BCUT2D eigenvalue weighted by Crippen LogP contribution is 2.19. The van der Waals surface area contributed by atoms with E-state index >= 15 is 0 Å². The van der Waals surface area contributed by atoms with E-state index in [1.807, 2.05) is 0 Å². The van der Waals surface area contributed by atoms with Gasteiger partial charge in [-0.25, -0.2) is 4.98 Å². The van der Waals surface area contributed by atoms with E-state index in [1.54, 1.807) is 37.3 Å². The predicted molar refractivity (Wildman–Crippen MR) is 115 cm³/mol. The molecule has 2 heterocycles. The maximum absolute atomic E-state index is 12.5. The van der Waals surface area contributed by atoms with Crippen molar-refractivity contribution < 1.29 is 9.59 Å².